The van der Waals surface area contributed by atoms with Crippen molar-refractivity contribution in [2.24, 2.45) is 5.92 Å². The van der Waals surface area contributed by atoms with Crippen LogP contribution in [0.15, 0.2) is 24.3 Å². The first-order chi connectivity index (χ1) is 9.08. The molecule has 0 bridgehead atoms. The van der Waals surface area contributed by atoms with Crippen LogP contribution in [0.25, 0.3) is 0 Å². The molecule has 0 aliphatic carbocycles. The van der Waals surface area contributed by atoms with Crippen molar-refractivity contribution in [2.75, 3.05) is 33.7 Å². The molecule has 1 aromatic rings. The van der Waals surface area contributed by atoms with E-state index in [-0.39, 0.29) is 6.04 Å². The second-order valence-electron chi connectivity index (χ2n) is 5.92. The molecule has 19 heavy (non-hydrogen) atoms. The van der Waals surface area contributed by atoms with Crippen molar-refractivity contribution in [1.29, 1.82) is 0 Å². The van der Waals surface area contributed by atoms with Crippen LogP contribution < -0.4 is 0 Å². The van der Waals surface area contributed by atoms with E-state index in [4.69, 9.17) is 0 Å². The van der Waals surface area contributed by atoms with Crippen molar-refractivity contribution < 1.29 is 5.11 Å². The molecular formula is C16H26N2O. The third kappa shape index (κ3) is 3.71. The molecule has 106 valence electrons. The van der Waals surface area contributed by atoms with Crippen LogP contribution in [0.3, 0.4) is 0 Å². The predicted octanol–water partition coefficient (Wildman–Crippen LogP) is 2.73. The molecule has 3 heteroatoms. The lowest BCUT2D eigenvalue weighted by molar-refractivity contribution is 0.154. The van der Waals surface area contributed by atoms with E-state index in [2.05, 4.69) is 30.8 Å². The van der Waals surface area contributed by atoms with E-state index in [0.717, 1.165) is 18.0 Å². The van der Waals surface area contributed by atoms with Crippen LogP contribution in [0.5, 0.6) is 5.75 Å². The number of para-hydroxylation sites is 1. The summed E-state index contributed by atoms with van der Waals surface area (Å²) in [5, 5.41) is 9.94. The van der Waals surface area contributed by atoms with Gasteiger partial charge in [0.25, 0.3) is 0 Å². The Morgan fingerprint density at radius 2 is 1.95 bits per heavy atom. The Morgan fingerprint density at radius 3 is 2.58 bits per heavy atom. The molecule has 1 N–H and O–H groups in total. The number of piperidine rings is 1. The van der Waals surface area contributed by atoms with Gasteiger partial charge in [-0.05, 0) is 58.9 Å². The molecule has 0 spiro atoms. The van der Waals surface area contributed by atoms with Gasteiger partial charge in [-0.1, -0.05) is 18.2 Å². The SMILES string of the molecule is CC(c1ccccc1O)N(C)CC1CCN(C)CC1. The first kappa shape index (κ1) is 14.4. The number of likely N-dealkylation sites (tertiary alicyclic amines) is 1. The summed E-state index contributed by atoms with van der Waals surface area (Å²) < 4.78 is 0. The predicted molar refractivity (Wildman–Crippen MR) is 79.4 cm³/mol. The smallest absolute Gasteiger partial charge is 0.120 e. The number of nitrogens with zero attached hydrogens (tertiary/aromatic N) is 2. The second kappa shape index (κ2) is 6.40. The maximum atomic E-state index is 9.94. The van der Waals surface area contributed by atoms with E-state index in [1.165, 1.54) is 25.9 Å². The molecule has 1 unspecified atom stereocenters. The topological polar surface area (TPSA) is 26.7 Å². The summed E-state index contributed by atoms with van der Waals surface area (Å²) in [5.41, 5.74) is 1.03. The molecule has 3 nitrogen and oxygen atoms in total. The standard InChI is InChI=1S/C16H26N2O/c1-13(15-6-4-5-7-16(15)19)18(3)12-14-8-10-17(2)11-9-14/h4-7,13-14,19H,8-12H2,1-3H3. The lowest BCUT2D eigenvalue weighted by Crippen LogP contribution is -2.36. The zero-order valence-electron chi connectivity index (χ0n) is 12.3. The van der Waals surface area contributed by atoms with E-state index in [1.807, 2.05) is 18.2 Å². The van der Waals surface area contributed by atoms with Gasteiger partial charge in [-0.2, -0.15) is 0 Å². The zero-order chi connectivity index (χ0) is 13.8. The molecule has 1 saturated heterocycles. The number of phenols is 1. The van der Waals surface area contributed by atoms with Gasteiger partial charge in [0.05, 0.1) is 0 Å². The summed E-state index contributed by atoms with van der Waals surface area (Å²) in [4.78, 5) is 4.77. The number of rotatable bonds is 4. The fraction of sp³-hybridized carbons (Fsp3) is 0.625. The van der Waals surface area contributed by atoms with Crippen molar-refractivity contribution in [2.45, 2.75) is 25.8 Å². The fourth-order valence-electron chi connectivity index (χ4n) is 2.89. The average molecular weight is 262 g/mol. The molecule has 1 heterocycles. The second-order valence-corrected chi connectivity index (χ2v) is 5.92. The maximum absolute atomic E-state index is 9.94. The quantitative estimate of drug-likeness (QED) is 0.904. The van der Waals surface area contributed by atoms with Crippen LogP contribution in [-0.4, -0.2) is 48.6 Å². The lowest BCUT2D eigenvalue weighted by Gasteiger charge is -2.34. The number of phenolic OH excluding ortho intramolecular Hbond substituents is 1. The van der Waals surface area contributed by atoms with Crippen LogP contribution in [-0.2, 0) is 0 Å². The van der Waals surface area contributed by atoms with Gasteiger partial charge in [-0.25, -0.2) is 0 Å². The van der Waals surface area contributed by atoms with Gasteiger partial charge in [-0.3, -0.25) is 4.90 Å². The summed E-state index contributed by atoms with van der Waals surface area (Å²) in [5.74, 6) is 1.19. The summed E-state index contributed by atoms with van der Waals surface area (Å²) >= 11 is 0. The Bertz CT molecular complexity index is 399. The van der Waals surface area contributed by atoms with E-state index >= 15 is 0 Å². The first-order valence-corrected chi connectivity index (χ1v) is 7.24. The van der Waals surface area contributed by atoms with Crippen molar-refractivity contribution >= 4 is 0 Å². The fourth-order valence-corrected chi connectivity index (χ4v) is 2.89. The summed E-state index contributed by atoms with van der Waals surface area (Å²) in [7, 11) is 4.36. The highest BCUT2D eigenvalue weighted by atomic mass is 16.3. The molecule has 1 atom stereocenters. The molecule has 1 aliphatic heterocycles. The number of hydrogen-bond donors (Lipinski definition) is 1. The highest BCUT2D eigenvalue weighted by Gasteiger charge is 2.21. The monoisotopic (exact) mass is 262 g/mol. The van der Waals surface area contributed by atoms with Crippen LogP contribution in [0, 0.1) is 5.92 Å². The zero-order valence-corrected chi connectivity index (χ0v) is 12.3. The Labute approximate surface area is 116 Å². The number of hydrogen-bond acceptors (Lipinski definition) is 3. The maximum Gasteiger partial charge on any atom is 0.120 e. The van der Waals surface area contributed by atoms with Crippen LogP contribution in [0.2, 0.25) is 0 Å². The molecule has 0 radical (unpaired) electrons. The molecule has 0 aromatic heterocycles. The summed E-state index contributed by atoms with van der Waals surface area (Å²) in [6, 6.07) is 7.93. The molecule has 0 amide bonds. The minimum absolute atomic E-state index is 0.265. The van der Waals surface area contributed by atoms with Crippen molar-refractivity contribution in [3.63, 3.8) is 0 Å². The Balaban J connectivity index is 1.92. The molecule has 0 saturated carbocycles. The third-order valence-electron chi connectivity index (χ3n) is 4.43. The summed E-state index contributed by atoms with van der Waals surface area (Å²) in [6.07, 6.45) is 2.57. The van der Waals surface area contributed by atoms with Crippen LogP contribution in [0.4, 0.5) is 0 Å². The van der Waals surface area contributed by atoms with Crippen molar-refractivity contribution in [1.82, 2.24) is 9.80 Å². The van der Waals surface area contributed by atoms with Crippen LogP contribution >= 0.6 is 0 Å². The minimum Gasteiger partial charge on any atom is -0.508 e. The lowest BCUT2D eigenvalue weighted by atomic mass is 9.95. The molecule has 1 aromatic carbocycles. The van der Waals surface area contributed by atoms with Crippen molar-refractivity contribution in [3.8, 4) is 5.75 Å². The average Bonchev–Trinajstić information content (AvgIpc) is 2.41. The van der Waals surface area contributed by atoms with Gasteiger partial charge in [0.1, 0.15) is 5.75 Å². The van der Waals surface area contributed by atoms with Gasteiger partial charge < -0.3 is 10.0 Å². The summed E-state index contributed by atoms with van der Waals surface area (Å²) in [6.45, 7) is 5.71. The van der Waals surface area contributed by atoms with Gasteiger partial charge in [0.2, 0.25) is 0 Å². The van der Waals surface area contributed by atoms with Crippen molar-refractivity contribution in [3.05, 3.63) is 29.8 Å². The normalized spacial score (nSPS) is 19.8. The highest BCUT2D eigenvalue weighted by Crippen LogP contribution is 2.28. The van der Waals surface area contributed by atoms with Gasteiger partial charge >= 0.3 is 0 Å². The van der Waals surface area contributed by atoms with E-state index in [1.54, 1.807) is 6.07 Å². The van der Waals surface area contributed by atoms with E-state index < -0.39 is 0 Å². The number of aromatic hydroxyl groups is 1. The van der Waals surface area contributed by atoms with Crippen LogP contribution in [0.1, 0.15) is 31.4 Å². The highest BCUT2D eigenvalue weighted by molar-refractivity contribution is 5.34. The Kier molecular flexibility index (Phi) is 4.83. The third-order valence-corrected chi connectivity index (χ3v) is 4.43. The van der Waals surface area contributed by atoms with E-state index in [0.29, 0.717) is 5.75 Å². The van der Waals surface area contributed by atoms with Gasteiger partial charge in [0, 0.05) is 18.2 Å². The molecule has 1 fully saturated rings. The van der Waals surface area contributed by atoms with Gasteiger partial charge in [-0.15, -0.1) is 0 Å². The minimum atomic E-state index is 0.265. The molecular weight excluding hydrogens is 236 g/mol. The number of benzene rings is 1. The Hall–Kier alpha value is -1.06. The first-order valence-electron chi connectivity index (χ1n) is 7.24. The van der Waals surface area contributed by atoms with E-state index in [9.17, 15) is 5.11 Å². The largest absolute Gasteiger partial charge is 0.508 e. The molecule has 1 aliphatic rings. The Morgan fingerprint density at radius 1 is 1.32 bits per heavy atom. The van der Waals surface area contributed by atoms with Gasteiger partial charge in [0.15, 0.2) is 0 Å². The molecule has 2 rings (SSSR count).